The predicted octanol–water partition coefficient (Wildman–Crippen LogP) is 3.14. The van der Waals surface area contributed by atoms with E-state index < -0.39 is 16.8 Å². The molecular formula is C18H16N2O4S. The van der Waals surface area contributed by atoms with Crippen molar-refractivity contribution in [2.45, 2.75) is 18.4 Å². The first-order valence-electron chi connectivity index (χ1n) is 7.54. The molecule has 3 aromatic rings. The van der Waals surface area contributed by atoms with E-state index in [0.717, 1.165) is 11.1 Å². The number of hydrogen-bond donors (Lipinski definition) is 0. The van der Waals surface area contributed by atoms with Gasteiger partial charge in [-0.25, -0.2) is 4.79 Å². The second-order valence-corrected chi connectivity index (χ2v) is 6.76. The Morgan fingerprint density at radius 3 is 2.56 bits per heavy atom. The number of aromatic nitrogens is 2. The van der Waals surface area contributed by atoms with Crippen LogP contribution in [0.2, 0.25) is 0 Å². The number of nitrogens with zero attached hydrogens (tertiary/aromatic N) is 2. The average molecular weight is 356 g/mol. The normalized spacial score (nSPS) is 11.9. The van der Waals surface area contributed by atoms with Crippen LogP contribution in [0.3, 0.4) is 0 Å². The molecule has 0 saturated carbocycles. The molecule has 3 rings (SSSR count). The Balaban J connectivity index is 1.65. The zero-order valence-electron chi connectivity index (χ0n) is 13.8. The van der Waals surface area contributed by atoms with Gasteiger partial charge in [-0.2, -0.15) is 4.98 Å². The fraction of sp³-hybridized carbons (Fsp3) is 0.167. The van der Waals surface area contributed by atoms with E-state index in [-0.39, 0.29) is 12.5 Å². The van der Waals surface area contributed by atoms with Crippen molar-refractivity contribution in [1.82, 2.24) is 10.1 Å². The maximum absolute atomic E-state index is 12.0. The molecule has 0 aliphatic heterocycles. The summed E-state index contributed by atoms with van der Waals surface area (Å²) in [5, 5.41) is 3.92. The summed E-state index contributed by atoms with van der Waals surface area (Å²) in [4.78, 5) is 16.9. The summed E-state index contributed by atoms with van der Waals surface area (Å²) in [6.45, 7) is 1.84. The van der Waals surface area contributed by atoms with Crippen LogP contribution >= 0.6 is 0 Å². The highest BCUT2D eigenvalue weighted by Gasteiger charge is 2.13. The molecule has 128 valence electrons. The van der Waals surface area contributed by atoms with Gasteiger partial charge in [0.2, 0.25) is 5.82 Å². The van der Waals surface area contributed by atoms with Crippen LogP contribution in [0.5, 0.6) is 0 Å². The van der Waals surface area contributed by atoms with Gasteiger partial charge in [0.25, 0.3) is 5.89 Å². The molecule has 0 spiro atoms. The van der Waals surface area contributed by atoms with E-state index in [9.17, 15) is 9.00 Å². The summed E-state index contributed by atoms with van der Waals surface area (Å²) >= 11 is 0. The lowest BCUT2D eigenvalue weighted by Crippen LogP contribution is -2.05. The van der Waals surface area contributed by atoms with E-state index in [0.29, 0.717) is 16.3 Å². The minimum Gasteiger partial charge on any atom is -0.452 e. The third-order valence-corrected chi connectivity index (χ3v) is 4.54. The highest BCUT2D eigenvalue weighted by atomic mass is 32.2. The maximum atomic E-state index is 12.0. The molecule has 25 heavy (non-hydrogen) atoms. The summed E-state index contributed by atoms with van der Waals surface area (Å²) in [6, 6.07) is 14.1. The molecule has 1 aromatic heterocycles. The van der Waals surface area contributed by atoms with Gasteiger partial charge in [-0.15, -0.1) is 0 Å². The molecule has 0 amide bonds. The zero-order valence-corrected chi connectivity index (χ0v) is 14.6. The van der Waals surface area contributed by atoms with Crippen LogP contribution in [0.15, 0.2) is 57.9 Å². The third kappa shape index (κ3) is 4.00. The van der Waals surface area contributed by atoms with Gasteiger partial charge in [0, 0.05) is 27.5 Å². The van der Waals surface area contributed by atoms with Crippen molar-refractivity contribution in [3.8, 4) is 11.4 Å². The third-order valence-electron chi connectivity index (χ3n) is 3.60. The van der Waals surface area contributed by atoms with Crippen molar-refractivity contribution in [1.29, 1.82) is 0 Å². The smallest absolute Gasteiger partial charge is 0.338 e. The largest absolute Gasteiger partial charge is 0.452 e. The Morgan fingerprint density at radius 2 is 1.88 bits per heavy atom. The SMILES string of the molecule is Cc1ccccc1-c1noc(COC(=O)c2ccc(S(C)=O)cc2)n1. The number of esters is 1. The van der Waals surface area contributed by atoms with Gasteiger partial charge < -0.3 is 9.26 Å². The summed E-state index contributed by atoms with van der Waals surface area (Å²) in [7, 11) is -1.09. The number of ether oxygens (including phenoxy) is 1. The molecular weight excluding hydrogens is 340 g/mol. The average Bonchev–Trinajstić information content (AvgIpc) is 3.09. The monoisotopic (exact) mass is 356 g/mol. The molecule has 0 aliphatic rings. The molecule has 7 heteroatoms. The number of hydrogen-bond acceptors (Lipinski definition) is 6. The topological polar surface area (TPSA) is 82.3 Å². The number of aryl methyl sites for hydroxylation is 1. The number of benzene rings is 2. The second-order valence-electron chi connectivity index (χ2n) is 5.38. The van der Waals surface area contributed by atoms with Crippen LogP contribution in [-0.2, 0) is 22.1 Å². The van der Waals surface area contributed by atoms with Gasteiger partial charge in [0.05, 0.1) is 5.56 Å². The van der Waals surface area contributed by atoms with Gasteiger partial charge in [0.1, 0.15) is 0 Å². The molecule has 0 radical (unpaired) electrons. The van der Waals surface area contributed by atoms with E-state index >= 15 is 0 Å². The molecule has 1 atom stereocenters. The first-order chi connectivity index (χ1) is 12.0. The molecule has 0 aliphatic carbocycles. The van der Waals surface area contributed by atoms with E-state index in [1.165, 1.54) is 0 Å². The summed E-state index contributed by atoms with van der Waals surface area (Å²) < 4.78 is 21.7. The lowest BCUT2D eigenvalue weighted by Gasteiger charge is -2.02. The molecule has 0 saturated heterocycles. The number of carbonyl (C=O) groups excluding carboxylic acids is 1. The minimum atomic E-state index is -1.09. The summed E-state index contributed by atoms with van der Waals surface area (Å²) in [5.74, 6) is 0.167. The molecule has 0 N–H and O–H groups in total. The zero-order chi connectivity index (χ0) is 17.8. The molecule has 1 heterocycles. The van der Waals surface area contributed by atoms with E-state index in [1.54, 1.807) is 30.5 Å². The van der Waals surface area contributed by atoms with E-state index in [2.05, 4.69) is 10.1 Å². The Morgan fingerprint density at radius 1 is 1.16 bits per heavy atom. The van der Waals surface area contributed by atoms with Crippen molar-refractivity contribution in [3.05, 3.63) is 65.5 Å². The Bertz CT molecular complexity index is 919. The maximum Gasteiger partial charge on any atom is 0.338 e. The predicted molar refractivity (Wildman–Crippen MR) is 92.4 cm³/mol. The Hall–Kier alpha value is -2.80. The molecule has 0 bridgehead atoms. The van der Waals surface area contributed by atoms with Gasteiger partial charge in [-0.1, -0.05) is 29.4 Å². The molecule has 1 unspecified atom stereocenters. The first-order valence-corrected chi connectivity index (χ1v) is 9.09. The van der Waals surface area contributed by atoms with Crippen molar-refractivity contribution >= 4 is 16.8 Å². The highest BCUT2D eigenvalue weighted by Crippen LogP contribution is 2.20. The second kappa shape index (κ2) is 7.40. The summed E-state index contributed by atoms with van der Waals surface area (Å²) in [5.41, 5.74) is 2.26. The van der Waals surface area contributed by atoms with Crippen LogP contribution in [0.1, 0.15) is 21.8 Å². The fourth-order valence-corrected chi connectivity index (χ4v) is 2.76. The van der Waals surface area contributed by atoms with Crippen molar-refractivity contribution in [3.63, 3.8) is 0 Å². The van der Waals surface area contributed by atoms with Gasteiger partial charge >= 0.3 is 5.97 Å². The van der Waals surface area contributed by atoms with Crippen LogP contribution in [0, 0.1) is 6.92 Å². The summed E-state index contributed by atoms with van der Waals surface area (Å²) in [6.07, 6.45) is 1.58. The van der Waals surface area contributed by atoms with E-state index in [1.807, 2.05) is 31.2 Å². The lowest BCUT2D eigenvalue weighted by molar-refractivity contribution is 0.0429. The van der Waals surface area contributed by atoms with Crippen molar-refractivity contribution in [2.24, 2.45) is 0 Å². The minimum absolute atomic E-state index is 0.112. The molecule has 6 nitrogen and oxygen atoms in total. The number of carbonyl (C=O) groups is 1. The van der Waals surface area contributed by atoms with Gasteiger partial charge in [-0.3, -0.25) is 4.21 Å². The number of rotatable bonds is 5. The van der Waals surface area contributed by atoms with Crippen molar-refractivity contribution in [2.75, 3.05) is 6.26 Å². The van der Waals surface area contributed by atoms with Gasteiger partial charge in [-0.05, 0) is 36.8 Å². The van der Waals surface area contributed by atoms with Crippen LogP contribution < -0.4 is 0 Å². The standard InChI is InChI=1S/C18H16N2O4S/c1-12-5-3-4-6-15(12)17-19-16(24-20-17)11-23-18(21)13-7-9-14(10-8-13)25(2)22/h3-10H,11H2,1-2H3. The fourth-order valence-electron chi connectivity index (χ4n) is 2.24. The van der Waals surface area contributed by atoms with Crippen LogP contribution in [0.25, 0.3) is 11.4 Å². The Kier molecular flexibility index (Phi) is 5.04. The quantitative estimate of drug-likeness (QED) is 0.653. The lowest BCUT2D eigenvalue weighted by atomic mass is 10.1. The Labute approximate surface area is 147 Å². The van der Waals surface area contributed by atoms with Crippen molar-refractivity contribution < 1.29 is 18.3 Å². The first kappa shape index (κ1) is 17.0. The highest BCUT2D eigenvalue weighted by molar-refractivity contribution is 7.84. The van der Waals surface area contributed by atoms with Crippen LogP contribution in [0.4, 0.5) is 0 Å². The molecule has 2 aromatic carbocycles. The van der Waals surface area contributed by atoms with Gasteiger partial charge in [0.15, 0.2) is 6.61 Å². The van der Waals surface area contributed by atoms with E-state index in [4.69, 9.17) is 9.26 Å². The molecule has 0 fully saturated rings. The van der Waals surface area contributed by atoms with Crippen LogP contribution in [-0.4, -0.2) is 26.6 Å².